The number of ether oxygens (including phenoxy) is 1. The second kappa shape index (κ2) is 6.28. The molecule has 0 radical (unpaired) electrons. The summed E-state index contributed by atoms with van der Waals surface area (Å²) in [4.78, 5) is 11.7. The Morgan fingerprint density at radius 3 is 2.65 bits per heavy atom. The van der Waals surface area contributed by atoms with Crippen LogP contribution in [0.4, 0.5) is 0 Å². The van der Waals surface area contributed by atoms with E-state index in [1.807, 2.05) is 26.8 Å². The quantitative estimate of drug-likeness (QED) is 0.800. The Morgan fingerprint density at radius 2 is 2.12 bits per heavy atom. The number of benzene rings is 1. The molecule has 94 valence electrons. The zero-order chi connectivity index (χ0) is 12.8. The van der Waals surface area contributed by atoms with Crippen LogP contribution in [0.5, 0.6) is 5.75 Å². The first-order chi connectivity index (χ1) is 8.08. The molecular weight excluding hydrogens is 216 g/mol. The van der Waals surface area contributed by atoms with E-state index in [0.717, 1.165) is 17.5 Å². The number of phenols is 1. The molecule has 3 heteroatoms. The maximum absolute atomic E-state index is 11.7. The van der Waals surface area contributed by atoms with Crippen molar-refractivity contribution in [1.82, 2.24) is 0 Å². The SMILES string of the molecule is CCOC(=O)[C@H](CC)Cc1ccc(O)cc1C. The predicted octanol–water partition coefficient (Wildman–Crippen LogP) is 2.83. The number of rotatable bonds is 5. The number of carbonyl (C=O) groups excluding carboxylic acids is 1. The lowest BCUT2D eigenvalue weighted by Crippen LogP contribution is -2.19. The summed E-state index contributed by atoms with van der Waals surface area (Å²) in [5.41, 5.74) is 2.09. The summed E-state index contributed by atoms with van der Waals surface area (Å²) in [6, 6.07) is 5.24. The predicted molar refractivity (Wildman–Crippen MR) is 67.0 cm³/mol. The molecule has 0 saturated carbocycles. The summed E-state index contributed by atoms with van der Waals surface area (Å²) in [7, 11) is 0. The fourth-order valence-electron chi connectivity index (χ4n) is 1.83. The van der Waals surface area contributed by atoms with Crippen molar-refractivity contribution in [2.75, 3.05) is 6.61 Å². The minimum Gasteiger partial charge on any atom is -0.508 e. The van der Waals surface area contributed by atoms with Crippen molar-refractivity contribution in [2.45, 2.75) is 33.6 Å². The van der Waals surface area contributed by atoms with Crippen LogP contribution in [0.1, 0.15) is 31.4 Å². The summed E-state index contributed by atoms with van der Waals surface area (Å²) >= 11 is 0. The molecule has 0 aliphatic carbocycles. The summed E-state index contributed by atoms with van der Waals surface area (Å²) in [6.07, 6.45) is 1.43. The molecule has 0 spiro atoms. The largest absolute Gasteiger partial charge is 0.508 e. The zero-order valence-electron chi connectivity index (χ0n) is 10.7. The third-order valence-electron chi connectivity index (χ3n) is 2.91. The molecule has 17 heavy (non-hydrogen) atoms. The van der Waals surface area contributed by atoms with Crippen molar-refractivity contribution in [3.63, 3.8) is 0 Å². The van der Waals surface area contributed by atoms with E-state index in [-0.39, 0.29) is 17.6 Å². The molecule has 1 aromatic rings. The van der Waals surface area contributed by atoms with E-state index in [0.29, 0.717) is 13.0 Å². The van der Waals surface area contributed by atoms with E-state index in [1.54, 1.807) is 12.1 Å². The van der Waals surface area contributed by atoms with Gasteiger partial charge in [-0.2, -0.15) is 0 Å². The van der Waals surface area contributed by atoms with E-state index >= 15 is 0 Å². The normalized spacial score (nSPS) is 12.2. The first-order valence-electron chi connectivity index (χ1n) is 6.03. The molecule has 1 aromatic carbocycles. The van der Waals surface area contributed by atoms with Gasteiger partial charge in [0, 0.05) is 0 Å². The average molecular weight is 236 g/mol. The third-order valence-corrected chi connectivity index (χ3v) is 2.91. The Morgan fingerprint density at radius 1 is 1.41 bits per heavy atom. The molecule has 0 fully saturated rings. The van der Waals surface area contributed by atoms with Gasteiger partial charge in [-0.05, 0) is 49.9 Å². The number of carbonyl (C=O) groups is 1. The Bertz CT molecular complexity index is 385. The number of esters is 1. The van der Waals surface area contributed by atoms with E-state index in [2.05, 4.69) is 0 Å². The van der Waals surface area contributed by atoms with Crippen molar-refractivity contribution < 1.29 is 14.6 Å². The standard InChI is InChI=1S/C14H20O3/c1-4-11(14(16)17-5-2)9-12-6-7-13(15)8-10(12)3/h6-8,11,15H,4-5,9H2,1-3H3/t11-/m1/s1. The van der Waals surface area contributed by atoms with Gasteiger partial charge in [-0.15, -0.1) is 0 Å². The highest BCUT2D eigenvalue weighted by atomic mass is 16.5. The lowest BCUT2D eigenvalue weighted by Gasteiger charge is -2.15. The van der Waals surface area contributed by atoms with Crippen molar-refractivity contribution in [2.24, 2.45) is 5.92 Å². The summed E-state index contributed by atoms with van der Waals surface area (Å²) in [6.45, 7) is 6.16. The van der Waals surface area contributed by atoms with Crippen molar-refractivity contribution in [1.29, 1.82) is 0 Å². The molecule has 3 nitrogen and oxygen atoms in total. The first kappa shape index (κ1) is 13.6. The zero-order valence-corrected chi connectivity index (χ0v) is 10.7. The minimum atomic E-state index is -0.137. The van der Waals surface area contributed by atoms with Crippen LogP contribution in [0.2, 0.25) is 0 Å². The van der Waals surface area contributed by atoms with E-state index < -0.39 is 0 Å². The smallest absolute Gasteiger partial charge is 0.309 e. The van der Waals surface area contributed by atoms with Crippen molar-refractivity contribution >= 4 is 5.97 Å². The van der Waals surface area contributed by atoms with Gasteiger partial charge in [-0.25, -0.2) is 0 Å². The summed E-state index contributed by atoms with van der Waals surface area (Å²) < 4.78 is 5.04. The number of aryl methyl sites for hydroxylation is 1. The van der Waals surface area contributed by atoms with Crippen LogP contribution in [-0.4, -0.2) is 17.7 Å². The van der Waals surface area contributed by atoms with Gasteiger partial charge in [0.25, 0.3) is 0 Å². The molecule has 0 aliphatic heterocycles. The van der Waals surface area contributed by atoms with Gasteiger partial charge in [0.15, 0.2) is 0 Å². The molecule has 0 aliphatic rings. The number of aromatic hydroxyl groups is 1. The van der Waals surface area contributed by atoms with E-state index in [1.165, 1.54) is 0 Å². The van der Waals surface area contributed by atoms with Crippen LogP contribution in [-0.2, 0) is 16.0 Å². The van der Waals surface area contributed by atoms with Gasteiger partial charge in [-0.1, -0.05) is 13.0 Å². The maximum Gasteiger partial charge on any atom is 0.309 e. The minimum absolute atomic E-state index is 0.0989. The number of hydrogen-bond acceptors (Lipinski definition) is 3. The fourth-order valence-corrected chi connectivity index (χ4v) is 1.83. The molecule has 0 amide bonds. The van der Waals surface area contributed by atoms with Crippen LogP contribution in [0.15, 0.2) is 18.2 Å². The Hall–Kier alpha value is -1.51. The van der Waals surface area contributed by atoms with Crippen LogP contribution in [0.25, 0.3) is 0 Å². The highest BCUT2D eigenvalue weighted by molar-refractivity contribution is 5.72. The molecule has 1 rings (SSSR count). The van der Waals surface area contributed by atoms with Gasteiger partial charge in [0.2, 0.25) is 0 Å². The third kappa shape index (κ3) is 3.77. The molecule has 0 aromatic heterocycles. The van der Waals surface area contributed by atoms with Crippen LogP contribution in [0, 0.1) is 12.8 Å². The maximum atomic E-state index is 11.7. The molecular formula is C14H20O3. The van der Waals surface area contributed by atoms with Crippen LogP contribution in [0.3, 0.4) is 0 Å². The van der Waals surface area contributed by atoms with Gasteiger partial charge >= 0.3 is 5.97 Å². The molecule has 1 N–H and O–H groups in total. The molecule has 1 atom stereocenters. The number of phenolic OH excluding ortho intramolecular Hbond substituents is 1. The van der Waals surface area contributed by atoms with E-state index in [4.69, 9.17) is 4.74 Å². The van der Waals surface area contributed by atoms with Crippen LogP contribution < -0.4 is 0 Å². The van der Waals surface area contributed by atoms with Gasteiger partial charge in [-0.3, -0.25) is 4.79 Å². The van der Waals surface area contributed by atoms with Crippen LogP contribution >= 0.6 is 0 Å². The lowest BCUT2D eigenvalue weighted by molar-refractivity contribution is -0.148. The first-order valence-corrected chi connectivity index (χ1v) is 6.03. The van der Waals surface area contributed by atoms with Gasteiger partial charge < -0.3 is 9.84 Å². The molecule has 0 heterocycles. The molecule has 0 bridgehead atoms. The van der Waals surface area contributed by atoms with Crippen molar-refractivity contribution in [3.05, 3.63) is 29.3 Å². The molecule has 0 unspecified atom stereocenters. The average Bonchev–Trinajstić information content (AvgIpc) is 2.28. The van der Waals surface area contributed by atoms with Gasteiger partial charge in [0.1, 0.15) is 5.75 Å². The summed E-state index contributed by atoms with van der Waals surface area (Å²) in [5.74, 6) is 0.0242. The molecule has 0 saturated heterocycles. The second-order valence-corrected chi connectivity index (χ2v) is 4.17. The Balaban J connectivity index is 2.77. The number of hydrogen-bond donors (Lipinski definition) is 1. The monoisotopic (exact) mass is 236 g/mol. The summed E-state index contributed by atoms with van der Waals surface area (Å²) in [5, 5.41) is 9.33. The van der Waals surface area contributed by atoms with E-state index in [9.17, 15) is 9.90 Å². The van der Waals surface area contributed by atoms with Gasteiger partial charge in [0.05, 0.1) is 12.5 Å². The Labute approximate surface area is 102 Å². The topological polar surface area (TPSA) is 46.5 Å². The highest BCUT2D eigenvalue weighted by Gasteiger charge is 2.18. The highest BCUT2D eigenvalue weighted by Crippen LogP contribution is 2.20. The Kier molecular flexibility index (Phi) is 5.01. The second-order valence-electron chi connectivity index (χ2n) is 4.17. The lowest BCUT2D eigenvalue weighted by atomic mass is 9.94. The fraction of sp³-hybridized carbons (Fsp3) is 0.500. The van der Waals surface area contributed by atoms with Crippen molar-refractivity contribution in [3.8, 4) is 5.75 Å².